The highest BCUT2D eigenvalue weighted by Gasteiger charge is 2.40. The quantitative estimate of drug-likeness (QED) is 0.393. The Morgan fingerprint density at radius 2 is 2.05 bits per heavy atom. The molecule has 3 aliphatic rings. The molecule has 2 fully saturated rings. The molecule has 3 aliphatic carbocycles. The highest BCUT2D eigenvalue weighted by Crippen LogP contribution is 2.43. The topological polar surface area (TPSA) is 107 Å². The molecule has 1 amide bonds. The molecular weight excluding hydrogens is 512 g/mol. The van der Waals surface area contributed by atoms with Gasteiger partial charge in [0, 0.05) is 47.8 Å². The summed E-state index contributed by atoms with van der Waals surface area (Å²) in [5.41, 5.74) is 1.37. The van der Waals surface area contributed by atoms with E-state index >= 15 is 0 Å². The summed E-state index contributed by atoms with van der Waals surface area (Å²) in [7, 11) is 1.59. The standard InChI is InChI=1S/C26H31F2N7O2S/c1-13-7-16(13)19(36)10-21-23(25(37)29-11-14-3-4-14)17-8-15(5-6-20(17)38-21)35-12-30-32-26(35)31-22-9-18(24(27)28)33-34(22)2/h9,12-16,24H,3-8,10-11H2,1-2H3,(H,29,37)(H,31,32)/t13-,15+,16-/m1/s1. The van der Waals surface area contributed by atoms with Gasteiger partial charge in [-0.3, -0.25) is 18.8 Å². The van der Waals surface area contributed by atoms with Crippen LogP contribution < -0.4 is 10.6 Å². The first-order valence-corrected chi connectivity index (χ1v) is 14.0. The van der Waals surface area contributed by atoms with Crippen molar-refractivity contribution >= 4 is 34.8 Å². The molecule has 3 aromatic heterocycles. The number of thiophene rings is 1. The van der Waals surface area contributed by atoms with Crippen molar-refractivity contribution in [1.29, 1.82) is 0 Å². The fourth-order valence-corrected chi connectivity index (χ4v) is 6.74. The van der Waals surface area contributed by atoms with E-state index < -0.39 is 6.43 Å². The molecule has 0 spiro atoms. The van der Waals surface area contributed by atoms with Crippen molar-refractivity contribution in [2.45, 2.75) is 64.3 Å². The number of ketones is 1. The van der Waals surface area contributed by atoms with Crippen LogP contribution in [-0.4, -0.2) is 42.8 Å². The molecule has 38 heavy (non-hydrogen) atoms. The molecule has 0 aromatic carbocycles. The predicted octanol–water partition coefficient (Wildman–Crippen LogP) is 4.39. The summed E-state index contributed by atoms with van der Waals surface area (Å²) in [5.74, 6) is 2.07. The van der Waals surface area contributed by atoms with E-state index in [1.54, 1.807) is 24.7 Å². The van der Waals surface area contributed by atoms with Gasteiger partial charge in [0.05, 0.1) is 5.56 Å². The molecule has 12 heteroatoms. The van der Waals surface area contributed by atoms with E-state index in [0.717, 1.165) is 42.5 Å². The Labute approximate surface area is 223 Å². The first-order valence-electron chi connectivity index (χ1n) is 13.2. The summed E-state index contributed by atoms with van der Waals surface area (Å²) in [6.07, 6.45) is 4.70. The Balaban J connectivity index is 1.26. The van der Waals surface area contributed by atoms with Crippen molar-refractivity contribution in [3.05, 3.63) is 39.0 Å². The molecule has 0 aliphatic heterocycles. The van der Waals surface area contributed by atoms with Crippen molar-refractivity contribution in [3.8, 4) is 0 Å². The van der Waals surface area contributed by atoms with E-state index in [0.29, 0.717) is 48.6 Å². The van der Waals surface area contributed by atoms with Gasteiger partial charge >= 0.3 is 0 Å². The van der Waals surface area contributed by atoms with E-state index in [1.165, 1.54) is 15.6 Å². The van der Waals surface area contributed by atoms with Gasteiger partial charge in [0.2, 0.25) is 5.95 Å². The lowest BCUT2D eigenvalue weighted by atomic mass is 9.89. The summed E-state index contributed by atoms with van der Waals surface area (Å²) < 4.78 is 29.5. The number of nitrogens with one attached hydrogen (secondary N) is 2. The highest BCUT2D eigenvalue weighted by molar-refractivity contribution is 7.12. The van der Waals surface area contributed by atoms with Crippen molar-refractivity contribution in [2.24, 2.45) is 24.8 Å². The Kier molecular flexibility index (Phi) is 6.53. The first kappa shape index (κ1) is 25.1. The minimum absolute atomic E-state index is 0.0283. The van der Waals surface area contributed by atoms with Gasteiger partial charge in [0.15, 0.2) is 0 Å². The summed E-state index contributed by atoms with van der Waals surface area (Å²) in [6.45, 7) is 2.77. The van der Waals surface area contributed by atoms with E-state index in [-0.39, 0.29) is 29.3 Å². The summed E-state index contributed by atoms with van der Waals surface area (Å²) in [6, 6.07) is 1.27. The fraction of sp³-hybridized carbons (Fsp3) is 0.577. The van der Waals surface area contributed by atoms with E-state index in [9.17, 15) is 18.4 Å². The van der Waals surface area contributed by atoms with Gasteiger partial charge in [-0.15, -0.1) is 21.5 Å². The van der Waals surface area contributed by atoms with Gasteiger partial charge < -0.3 is 10.6 Å². The number of carbonyl (C=O) groups excluding carboxylic acids is 2. The Bertz CT molecular complexity index is 1380. The average molecular weight is 544 g/mol. The van der Waals surface area contributed by atoms with E-state index in [1.807, 2.05) is 4.57 Å². The number of rotatable bonds is 10. The third-order valence-electron chi connectivity index (χ3n) is 7.97. The third-order valence-corrected chi connectivity index (χ3v) is 9.26. The maximum absolute atomic E-state index is 13.4. The largest absolute Gasteiger partial charge is 0.352 e. The van der Waals surface area contributed by atoms with Gasteiger partial charge in [-0.25, -0.2) is 8.78 Å². The molecule has 0 saturated heterocycles. The smallest absolute Gasteiger partial charge is 0.282 e. The average Bonchev–Trinajstić information content (AvgIpc) is 3.72. The lowest BCUT2D eigenvalue weighted by Crippen LogP contribution is -2.28. The number of amides is 1. The number of anilines is 2. The number of aromatic nitrogens is 5. The second-order valence-electron chi connectivity index (χ2n) is 10.9. The van der Waals surface area contributed by atoms with Crippen LogP contribution in [0.1, 0.15) is 76.4 Å². The molecule has 6 rings (SSSR count). The maximum Gasteiger partial charge on any atom is 0.282 e. The molecule has 2 N–H and O–H groups in total. The molecule has 0 radical (unpaired) electrons. The Hall–Kier alpha value is -3.15. The third kappa shape index (κ3) is 4.97. The van der Waals surface area contributed by atoms with Crippen molar-refractivity contribution in [3.63, 3.8) is 0 Å². The molecule has 9 nitrogen and oxygen atoms in total. The SMILES string of the molecule is C[C@@H]1C[C@H]1C(=O)Cc1sc2c(c1C(=O)NCC1CC1)C[C@@H](n1cnnc1Nc1cc(C(F)F)nn1C)CC2. The lowest BCUT2D eigenvalue weighted by Gasteiger charge is -2.25. The van der Waals surface area contributed by atoms with Crippen LogP contribution >= 0.6 is 11.3 Å². The molecule has 0 bridgehead atoms. The van der Waals surface area contributed by atoms with Crippen LogP contribution in [0.15, 0.2) is 12.4 Å². The van der Waals surface area contributed by atoms with Crippen molar-refractivity contribution < 1.29 is 18.4 Å². The number of hydrogen-bond acceptors (Lipinski definition) is 7. The monoisotopic (exact) mass is 543 g/mol. The van der Waals surface area contributed by atoms with Crippen LogP contribution in [0.3, 0.4) is 0 Å². The van der Waals surface area contributed by atoms with Gasteiger partial charge in [0.1, 0.15) is 23.6 Å². The zero-order valence-electron chi connectivity index (χ0n) is 21.4. The highest BCUT2D eigenvalue weighted by atomic mass is 32.1. The normalized spacial score (nSPS) is 22.4. The molecule has 3 atom stereocenters. The van der Waals surface area contributed by atoms with Gasteiger partial charge in [0.25, 0.3) is 12.3 Å². The number of carbonyl (C=O) groups is 2. The Morgan fingerprint density at radius 3 is 2.74 bits per heavy atom. The number of nitrogens with zero attached hydrogens (tertiary/aromatic N) is 5. The second-order valence-corrected chi connectivity index (χ2v) is 12.1. The number of alkyl halides is 2. The number of fused-ring (bicyclic) bond motifs is 1. The fourth-order valence-electron chi connectivity index (χ4n) is 5.38. The number of aryl methyl sites for hydroxylation is 2. The van der Waals surface area contributed by atoms with Gasteiger partial charge in [-0.2, -0.15) is 5.10 Å². The Morgan fingerprint density at radius 1 is 1.26 bits per heavy atom. The summed E-state index contributed by atoms with van der Waals surface area (Å²) >= 11 is 1.61. The lowest BCUT2D eigenvalue weighted by molar-refractivity contribution is -0.119. The van der Waals surface area contributed by atoms with Crippen LogP contribution in [-0.2, 0) is 31.1 Å². The van der Waals surface area contributed by atoms with E-state index in [2.05, 4.69) is 32.9 Å². The number of hydrogen-bond donors (Lipinski definition) is 2. The molecule has 0 unspecified atom stereocenters. The first-order chi connectivity index (χ1) is 18.3. The van der Waals surface area contributed by atoms with Crippen LogP contribution in [0.2, 0.25) is 0 Å². The molecular formula is C26H31F2N7O2S. The number of halogens is 2. The minimum Gasteiger partial charge on any atom is -0.352 e. The molecule has 202 valence electrons. The van der Waals surface area contributed by atoms with E-state index in [4.69, 9.17) is 0 Å². The molecule has 3 heterocycles. The second kappa shape index (κ2) is 9.87. The maximum atomic E-state index is 13.4. The summed E-state index contributed by atoms with van der Waals surface area (Å²) in [4.78, 5) is 28.4. The van der Waals surface area contributed by atoms with Crippen LogP contribution in [0, 0.1) is 17.8 Å². The van der Waals surface area contributed by atoms with Crippen LogP contribution in [0.4, 0.5) is 20.5 Å². The number of Topliss-reactive ketones (excluding diaryl/α,β-unsaturated/α-hetero) is 1. The van der Waals surface area contributed by atoms with Crippen LogP contribution in [0.25, 0.3) is 0 Å². The van der Waals surface area contributed by atoms with Crippen molar-refractivity contribution in [1.82, 2.24) is 29.9 Å². The zero-order chi connectivity index (χ0) is 26.6. The molecule has 2 saturated carbocycles. The van der Waals surface area contributed by atoms with Gasteiger partial charge in [-0.05, 0) is 55.9 Å². The molecule has 3 aromatic rings. The predicted molar refractivity (Wildman–Crippen MR) is 138 cm³/mol. The van der Waals surface area contributed by atoms with Crippen LogP contribution in [0.5, 0.6) is 0 Å². The minimum atomic E-state index is -2.67. The van der Waals surface area contributed by atoms with Crippen molar-refractivity contribution in [2.75, 3.05) is 11.9 Å². The zero-order valence-corrected chi connectivity index (χ0v) is 22.2. The summed E-state index contributed by atoms with van der Waals surface area (Å²) in [5, 5.41) is 18.3. The van der Waals surface area contributed by atoms with Gasteiger partial charge in [-0.1, -0.05) is 6.92 Å².